The predicted molar refractivity (Wildman–Crippen MR) is 69.8 cm³/mol. The molecule has 3 aromatic rings. The Morgan fingerprint density at radius 2 is 1.88 bits per heavy atom. The molecule has 0 saturated heterocycles. The summed E-state index contributed by atoms with van der Waals surface area (Å²) in [4.78, 5) is 4.34. The number of aromatic nitrogens is 1. The minimum Gasteiger partial charge on any atom is -0.261 e. The Kier molecular flexibility index (Phi) is 2.59. The van der Waals surface area contributed by atoms with E-state index in [4.69, 9.17) is 0 Å². The Balaban J connectivity index is 1.96. The van der Waals surface area contributed by atoms with Gasteiger partial charge in [0.2, 0.25) is 0 Å². The first-order valence-electron chi connectivity index (χ1n) is 5.71. The summed E-state index contributed by atoms with van der Waals surface area (Å²) in [5.41, 5.74) is 2.35. The van der Waals surface area contributed by atoms with Crippen LogP contribution < -0.4 is 0 Å². The Morgan fingerprint density at radius 3 is 2.76 bits per heavy atom. The largest absolute Gasteiger partial charge is 0.261 e. The molecule has 81 valence electrons. The van der Waals surface area contributed by atoms with Crippen LogP contribution in [0.5, 0.6) is 0 Å². The molecular weight excluding hydrogens is 206 g/mol. The summed E-state index contributed by atoms with van der Waals surface area (Å²) in [7, 11) is 0. The Labute approximate surface area is 101 Å². The van der Waals surface area contributed by atoms with E-state index in [0.29, 0.717) is 0 Å². The van der Waals surface area contributed by atoms with Crippen LogP contribution in [-0.4, -0.2) is 4.98 Å². The zero-order valence-corrected chi connectivity index (χ0v) is 9.43. The average molecular weight is 218 g/mol. The van der Waals surface area contributed by atoms with Crippen molar-refractivity contribution >= 4 is 10.8 Å². The summed E-state index contributed by atoms with van der Waals surface area (Å²) in [6, 6.07) is 21.9. The molecule has 3 rings (SSSR count). The smallest absolute Gasteiger partial charge is 0.0447 e. The van der Waals surface area contributed by atoms with Crippen LogP contribution in [0, 0.1) is 6.07 Å². The van der Waals surface area contributed by atoms with Crippen molar-refractivity contribution in [2.24, 2.45) is 0 Å². The highest BCUT2D eigenvalue weighted by atomic mass is 14.7. The maximum atomic E-state index is 4.34. The van der Waals surface area contributed by atoms with Crippen molar-refractivity contribution in [3.05, 3.63) is 78.1 Å². The molecule has 0 unspecified atom stereocenters. The van der Waals surface area contributed by atoms with E-state index in [1.807, 2.05) is 24.4 Å². The van der Waals surface area contributed by atoms with E-state index in [2.05, 4.69) is 47.4 Å². The molecular formula is C16H12N. The first-order chi connectivity index (χ1) is 8.42. The highest BCUT2D eigenvalue weighted by molar-refractivity contribution is 5.82. The minimum atomic E-state index is 0.863. The lowest BCUT2D eigenvalue weighted by Crippen LogP contribution is -1.91. The van der Waals surface area contributed by atoms with Crippen LogP contribution in [0.2, 0.25) is 0 Å². The highest BCUT2D eigenvalue weighted by Crippen LogP contribution is 2.16. The number of rotatable bonds is 2. The van der Waals surface area contributed by atoms with Crippen LogP contribution in [0.4, 0.5) is 0 Å². The van der Waals surface area contributed by atoms with Crippen LogP contribution in [0.3, 0.4) is 0 Å². The third-order valence-corrected chi connectivity index (χ3v) is 2.83. The van der Waals surface area contributed by atoms with E-state index in [9.17, 15) is 0 Å². The monoisotopic (exact) mass is 218 g/mol. The van der Waals surface area contributed by atoms with Crippen molar-refractivity contribution < 1.29 is 0 Å². The molecule has 0 aliphatic carbocycles. The molecule has 1 aromatic heterocycles. The van der Waals surface area contributed by atoms with Gasteiger partial charge >= 0.3 is 0 Å². The molecule has 0 N–H and O–H groups in total. The predicted octanol–water partition coefficient (Wildman–Crippen LogP) is 3.63. The summed E-state index contributed by atoms with van der Waals surface area (Å²) in [6.45, 7) is 0. The maximum absolute atomic E-state index is 4.34. The summed E-state index contributed by atoms with van der Waals surface area (Å²) < 4.78 is 0. The fourth-order valence-electron chi connectivity index (χ4n) is 1.98. The lowest BCUT2D eigenvalue weighted by molar-refractivity contribution is 1.08. The lowest BCUT2D eigenvalue weighted by Gasteiger charge is -2.03. The van der Waals surface area contributed by atoms with Gasteiger partial charge in [-0.25, -0.2) is 0 Å². The van der Waals surface area contributed by atoms with E-state index in [1.165, 1.54) is 10.9 Å². The second-order valence-electron chi connectivity index (χ2n) is 4.09. The molecule has 0 fully saturated rings. The average Bonchev–Trinajstić information content (AvgIpc) is 2.40. The zero-order chi connectivity index (χ0) is 11.5. The van der Waals surface area contributed by atoms with Gasteiger partial charge in [-0.2, -0.15) is 0 Å². The fourth-order valence-corrected chi connectivity index (χ4v) is 1.98. The summed E-state index contributed by atoms with van der Waals surface area (Å²) in [5.74, 6) is 0. The number of fused-ring (bicyclic) bond motifs is 1. The number of hydrogen-bond donors (Lipinski definition) is 0. The lowest BCUT2D eigenvalue weighted by atomic mass is 10.0. The van der Waals surface area contributed by atoms with Crippen molar-refractivity contribution in [3.8, 4) is 0 Å². The molecule has 0 amide bonds. The number of nitrogens with zero attached hydrogens (tertiary/aromatic N) is 1. The summed E-state index contributed by atoms with van der Waals surface area (Å²) in [5, 5.41) is 2.40. The van der Waals surface area contributed by atoms with Gasteiger partial charge in [0.15, 0.2) is 0 Å². The standard InChI is InChI=1S/C16H12N/c1-2-6-15-11-13(8-9-14(15)5-1)12-16-7-3-4-10-17-16/h1-8,10-11H,12H2. The van der Waals surface area contributed by atoms with Crippen molar-refractivity contribution in [1.29, 1.82) is 0 Å². The molecule has 1 heteroatoms. The molecule has 0 saturated carbocycles. The Hall–Kier alpha value is -2.15. The van der Waals surface area contributed by atoms with Gasteiger partial charge in [-0.15, -0.1) is 0 Å². The van der Waals surface area contributed by atoms with Crippen LogP contribution in [0.25, 0.3) is 10.8 Å². The maximum Gasteiger partial charge on any atom is 0.0447 e. The van der Waals surface area contributed by atoms with Crippen LogP contribution >= 0.6 is 0 Å². The molecule has 17 heavy (non-hydrogen) atoms. The van der Waals surface area contributed by atoms with E-state index in [1.54, 1.807) is 0 Å². The van der Waals surface area contributed by atoms with E-state index >= 15 is 0 Å². The zero-order valence-electron chi connectivity index (χ0n) is 9.43. The second kappa shape index (κ2) is 4.38. The van der Waals surface area contributed by atoms with E-state index in [-0.39, 0.29) is 0 Å². The van der Waals surface area contributed by atoms with Crippen molar-refractivity contribution in [3.63, 3.8) is 0 Å². The van der Waals surface area contributed by atoms with Crippen LogP contribution in [-0.2, 0) is 6.42 Å². The molecule has 0 spiro atoms. The quantitative estimate of drug-likeness (QED) is 0.640. The minimum absolute atomic E-state index is 0.863. The van der Waals surface area contributed by atoms with E-state index in [0.717, 1.165) is 17.5 Å². The first-order valence-corrected chi connectivity index (χ1v) is 5.71. The topological polar surface area (TPSA) is 12.9 Å². The van der Waals surface area contributed by atoms with Gasteiger partial charge in [0.1, 0.15) is 0 Å². The third-order valence-electron chi connectivity index (χ3n) is 2.83. The van der Waals surface area contributed by atoms with Gasteiger partial charge in [0, 0.05) is 18.3 Å². The van der Waals surface area contributed by atoms with Crippen molar-refractivity contribution in [1.82, 2.24) is 4.98 Å². The Morgan fingerprint density at radius 1 is 1.00 bits per heavy atom. The molecule has 1 heterocycles. The third kappa shape index (κ3) is 2.18. The Bertz CT molecular complexity index is 629. The highest BCUT2D eigenvalue weighted by Gasteiger charge is 1.98. The van der Waals surface area contributed by atoms with E-state index < -0.39 is 0 Å². The van der Waals surface area contributed by atoms with Gasteiger partial charge in [0.05, 0.1) is 0 Å². The molecule has 0 atom stereocenters. The number of pyridine rings is 1. The molecule has 0 aliphatic rings. The second-order valence-corrected chi connectivity index (χ2v) is 4.09. The van der Waals surface area contributed by atoms with Gasteiger partial charge in [0.25, 0.3) is 0 Å². The molecule has 0 aliphatic heterocycles. The SMILES string of the molecule is [c]1cc(Cc2ccccn2)cc2ccccc12. The fraction of sp³-hybridized carbons (Fsp3) is 0.0625. The van der Waals surface area contributed by atoms with Crippen molar-refractivity contribution in [2.75, 3.05) is 0 Å². The molecule has 1 radical (unpaired) electrons. The summed E-state index contributed by atoms with van der Waals surface area (Å²) >= 11 is 0. The number of hydrogen-bond acceptors (Lipinski definition) is 1. The first kappa shape index (κ1) is 10.0. The molecule has 1 nitrogen and oxygen atoms in total. The molecule has 0 bridgehead atoms. The van der Waals surface area contributed by atoms with Gasteiger partial charge in [-0.1, -0.05) is 42.5 Å². The van der Waals surface area contributed by atoms with Gasteiger partial charge < -0.3 is 0 Å². The van der Waals surface area contributed by atoms with Crippen LogP contribution in [0.15, 0.2) is 60.8 Å². The normalized spacial score (nSPS) is 10.6. The number of benzene rings is 2. The van der Waals surface area contributed by atoms with Crippen molar-refractivity contribution in [2.45, 2.75) is 6.42 Å². The summed E-state index contributed by atoms with van der Waals surface area (Å²) in [6.07, 6.45) is 2.70. The van der Waals surface area contributed by atoms with Gasteiger partial charge in [-0.05, 0) is 34.5 Å². The van der Waals surface area contributed by atoms with Crippen LogP contribution in [0.1, 0.15) is 11.3 Å². The molecule has 2 aromatic carbocycles. The van der Waals surface area contributed by atoms with Gasteiger partial charge in [-0.3, -0.25) is 4.98 Å².